The number of carbonyl (C=O) groups is 1. The van der Waals surface area contributed by atoms with Crippen LogP contribution in [0.15, 0.2) is 10.6 Å². The Morgan fingerprint density at radius 1 is 1.53 bits per heavy atom. The maximum atomic E-state index is 12.3. The van der Waals surface area contributed by atoms with Crippen LogP contribution in [0.2, 0.25) is 0 Å². The second-order valence-electron chi connectivity index (χ2n) is 5.77. The van der Waals surface area contributed by atoms with Crippen LogP contribution in [0, 0.1) is 12.3 Å². The lowest BCUT2D eigenvalue weighted by molar-refractivity contribution is -0.140. The van der Waals surface area contributed by atoms with Crippen LogP contribution in [-0.4, -0.2) is 22.5 Å². The van der Waals surface area contributed by atoms with Crippen LogP contribution in [0.5, 0.6) is 0 Å². The molecule has 1 aliphatic rings. The van der Waals surface area contributed by atoms with Gasteiger partial charge in [0.2, 0.25) is 5.91 Å². The Hall–Kier alpha value is -1.32. The highest BCUT2D eigenvalue weighted by molar-refractivity contribution is 5.82. The van der Waals surface area contributed by atoms with Crippen molar-refractivity contribution < 1.29 is 9.32 Å². The molecule has 94 valence electrons. The lowest BCUT2D eigenvalue weighted by Crippen LogP contribution is -2.39. The van der Waals surface area contributed by atoms with Crippen LogP contribution in [0.25, 0.3) is 0 Å². The van der Waals surface area contributed by atoms with E-state index in [1.165, 1.54) is 0 Å². The zero-order valence-electron chi connectivity index (χ0n) is 11.0. The summed E-state index contributed by atoms with van der Waals surface area (Å²) in [6.07, 6.45) is 2.02. The fourth-order valence-corrected chi connectivity index (χ4v) is 2.29. The molecule has 1 atom stereocenters. The van der Waals surface area contributed by atoms with Gasteiger partial charge in [-0.15, -0.1) is 0 Å². The summed E-state index contributed by atoms with van der Waals surface area (Å²) < 4.78 is 5.10. The van der Waals surface area contributed by atoms with Crippen molar-refractivity contribution in [3.63, 3.8) is 0 Å². The van der Waals surface area contributed by atoms with E-state index in [1.54, 1.807) is 0 Å². The topological polar surface area (TPSA) is 46.3 Å². The van der Waals surface area contributed by atoms with Gasteiger partial charge in [-0.1, -0.05) is 25.9 Å². The van der Waals surface area contributed by atoms with Gasteiger partial charge >= 0.3 is 0 Å². The molecule has 1 aliphatic heterocycles. The number of hydrogen-bond donors (Lipinski definition) is 0. The summed E-state index contributed by atoms with van der Waals surface area (Å²) in [6, 6.07) is 2.03. The van der Waals surface area contributed by atoms with E-state index >= 15 is 0 Å². The lowest BCUT2D eigenvalue weighted by atomic mass is 9.94. The first-order valence-electron chi connectivity index (χ1n) is 6.14. The van der Waals surface area contributed by atoms with E-state index < -0.39 is 0 Å². The Labute approximate surface area is 102 Å². The number of nitrogens with zero attached hydrogens (tertiary/aromatic N) is 2. The van der Waals surface area contributed by atoms with Gasteiger partial charge < -0.3 is 9.42 Å². The predicted octanol–water partition coefficient (Wildman–Crippen LogP) is 2.69. The number of amides is 1. The summed E-state index contributed by atoms with van der Waals surface area (Å²) in [5.41, 5.74) is 0.555. The van der Waals surface area contributed by atoms with Crippen LogP contribution >= 0.6 is 0 Å². The molecule has 2 heterocycles. The summed E-state index contributed by atoms with van der Waals surface area (Å²) in [6.45, 7) is 8.57. The zero-order chi connectivity index (χ0) is 12.6. The van der Waals surface area contributed by atoms with E-state index in [1.807, 2.05) is 38.7 Å². The molecule has 0 saturated carbocycles. The minimum Gasteiger partial charge on any atom is -0.361 e. The van der Waals surface area contributed by atoms with Gasteiger partial charge in [-0.3, -0.25) is 4.79 Å². The third-order valence-electron chi connectivity index (χ3n) is 3.14. The van der Waals surface area contributed by atoms with Crippen molar-refractivity contribution in [2.24, 2.45) is 5.41 Å². The van der Waals surface area contributed by atoms with Gasteiger partial charge in [0, 0.05) is 18.0 Å². The molecule has 0 bridgehead atoms. The van der Waals surface area contributed by atoms with Crippen LogP contribution < -0.4 is 0 Å². The van der Waals surface area contributed by atoms with E-state index in [-0.39, 0.29) is 17.4 Å². The molecule has 0 N–H and O–H groups in total. The molecule has 1 aromatic heterocycles. The Bertz CT molecular complexity index is 417. The van der Waals surface area contributed by atoms with Crippen molar-refractivity contribution in [2.75, 3.05) is 6.54 Å². The van der Waals surface area contributed by atoms with Crippen molar-refractivity contribution in [2.45, 2.75) is 46.6 Å². The van der Waals surface area contributed by atoms with Crippen LogP contribution in [0.1, 0.15) is 51.1 Å². The Morgan fingerprint density at radius 2 is 2.24 bits per heavy atom. The highest BCUT2D eigenvalue weighted by atomic mass is 16.5. The average molecular weight is 236 g/mol. The summed E-state index contributed by atoms with van der Waals surface area (Å²) in [5.74, 6) is 0.996. The first kappa shape index (κ1) is 12.1. The molecule has 0 aliphatic carbocycles. The van der Waals surface area contributed by atoms with Gasteiger partial charge in [-0.2, -0.15) is 0 Å². The molecule has 0 radical (unpaired) electrons. The van der Waals surface area contributed by atoms with Crippen molar-refractivity contribution in [3.8, 4) is 0 Å². The molecule has 17 heavy (non-hydrogen) atoms. The van der Waals surface area contributed by atoms with E-state index in [9.17, 15) is 4.79 Å². The Morgan fingerprint density at radius 3 is 2.76 bits per heavy atom. The van der Waals surface area contributed by atoms with Gasteiger partial charge in [0.1, 0.15) is 11.5 Å². The molecule has 1 saturated heterocycles. The molecule has 1 unspecified atom stereocenters. The molecule has 0 spiro atoms. The predicted molar refractivity (Wildman–Crippen MR) is 64.4 cm³/mol. The first-order chi connectivity index (χ1) is 7.89. The van der Waals surface area contributed by atoms with Gasteiger partial charge in [-0.05, 0) is 19.8 Å². The third-order valence-corrected chi connectivity index (χ3v) is 3.14. The van der Waals surface area contributed by atoms with E-state index in [0.29, 0.717) is 0 Å². The quantitative estimate of drug-likeness (QED) is 0.753. The molecule has 1 amide bonds. The minimum atomic E-state index is -0.332. The number of carbonyl (C=O) groups excluding carboxylic acids is 1. The van der Waals surface area contributed by atoms with Crippen LogP contribution in [-0.2, 0) is 4.79 Å². The number of rotatable bonds is 1. The van der Waals surface area contributed by atoms with Gasteiger partial charge in [0.15, 0.2) is 0 Å². The standard InChI is InChI=1S/C13H20N2O2/c1-9-8-10(14-17-9)11-6-5-7-15(11)12(16)13(2,3)4/h8,11H,5-7H2,1-4H3. The lowest BCUT2D eigenvalue weighted by Gasteiger charge is -2.29. The van der Waals surface area contributed by atoms with Crippen LogP contribution in [0.4, 0.5) is 0 Å². The first-order valence-corrected chi connectivity index (χ1v) is 6.14. The maximum Gasteiger partial charge on any atom is 0.228 e. The third kappa shape index (κ3) is 2.35. The average Bonchev–Trinajstić information content (AvgIpc) is 2.82. The van der Waals surface area contributed by atoms with Crippen molar-refractivity contribution >= 4 is 5.91 Å². The fraction of sp³-hybridized carbons (Fsp3) is 0.692. The molecular formula is C13H20N2O2. The highest BCUT2D eigenvalue weighted by Crippen LogP contribution is 2.34. The molecular weight excluding hydrogens is 216 g/mol. The van der Waals surface area contributed by atoms with Gasteiger partial charge in [-0.25, -0.2) is 0 Å². The number of aromatic nitrogens is 1. The summed E-state index contributed by atoms with van der Waals surface area (Å²) >= 11 is 0. The summed E-state index contributed by atoms with van der Waals surface area (Å²) in [7, 11) is 0. The van der Waals surface area contributed by atoms with Gasteiger partial charge in [0.25, 0.3) is 0 Å². The summed E-state index contributed by atoms with van der Waals surface area (Å²) in [4.78, 5) is 14.3. The normalized spacial score (nSPS) is 20.9. The van der Waals surface area contributed by atoms with E-state index in [2.05, 4.69) is 5.16 Å². The van der Waals surface area contributed by atoms with Gasteiger partial charge in [0.05, 0.1) is 6.04 Å². The highest BCUT2D eigenvalue weighted by Gasteiger charge is 2.36. The molecule has 0 aromatic carbocycles. The smallest absolute Gasteiger partial charge is 0.228 e. The SMILES string of the molecule is Cc1cc(C2CCCN2C(=O)C(C)(C)C)no1. The van der Waals surface area contributed by atoms with Crippen molar-refractivity contribution in [1.29, 1.82) is 0 Å². The Kier molecular flexibility index (Phi) is 2.98. The molecule has 4 heteroatoms. The molecule has 1 aromatic rings. The largest absolute Gasteiger partial charge is 0.361 e. The number of aryl methyl sites for hydroxylation is 1. The van der Waals surface area contributed by atoms with Crippen LogP contribution in [0.3, 0.4) is 0 Å². The number of likely N-dealkylation sites (tertiary alicyclic amines) is 1. The molecule has 1 fully saturated rings. The fourth-order valence-electron chi connectivity index (χ4n) is 2.29. The molecule has 4 nitrogen and oxygen atoms in total. The molecule has 2 rings (SSSR count). The monoisotopic (exact) mass is 236 g/mol. The second kappa shape index (κ2) is 4.17. The van der Waals surface area contributed by atoms with E-state index in [4.69, 9.17) is 4.52 Å². The second-order valence-corrected chi connectivity index (χ2v) is 5.77. The van der Waals surface area contributed by atoms with E-state index in [0.717, 1.165) is 30.8 Å². The zero-order valence-corrected chi connectivity index (χ0v) is 11.0. The Balaban J connectivity index is 2.21. The maximum absolute atomic E-state index is 12.3. The van der Waals surface area contributed by atoms with Crippen molar-refractivity contribution in [3.05, 3.63) is 17.5 Å². The minimum absolute atomic E-state index is 0.0965. The van der Waals surface area contributed by atoms with Crippen molar-refractivity contribution in [1.82, 2.24) is 10.1 Å². The summed E-state index contributed by atoms with van der Waals surface area (Å²) in [5, 5.41) is 4.04. The number of hydrogen-bond acceptors (Lipinski definition) is 3.